The zero-order valence-corrected chi connectivity index (χ0v) is 8.31. The lowest BCUT2D eigenvalue weighted by molar-refractivity contribution is -0.116. The number of hydrogen-bond acceptors (Lipinski definition) is 3. The Morgan fingerprint density at radius 3 is 1.70 bits per heavy atom. The highest BCUT2D eigenvalue weighted by Crippen LogP contribution is 1.95. The highest BCUT2D eigenvalue weighted by molar-refractivity contribution is 9.10. The molecule has 0 aromatic rings. The first-order chi connectivity index (χ1) is 3.64. The minimum absolute atomic E-state index is 0. The third-order valence-corrected chi connectivity index (χ3v) is 1.20. The molecular formula is C5H17BBrN2O. The van der Waals surface area contributed by atoms with Crippen LogP contribution in [0.25, 0.3) is 0 Å². The largest absolute Gasteiger partial charge is 0.344 e. The summed E-state index contributed by atoms with van der Waals surface area (Å²) in [4.78, 5) is 10.1. The first kappa shape index (κ1) is 22.5. The fourth-order valence-corrected chi connectivity index (χ4v) is 0. The van der Waals surface area contributed by atoms with Crippen LogP contribution in [-0.4, -0.2) is 26.1 Å². The van der Waals surface area contributed by atoms with E-state index >= 15 is 0 Å². The summed E-state index contributed by atoms with van der Waals surface area (Å²) < 4.78 is 0. The summed E-state index contributed by atoms with van der Waals surface area (Å²) in [5.74, 6) is 0.176. The lowest BCUT2D eigenvalue weighted by Crippen LogP contribution is -2.01. The van der Waals surface area contributed by atoms with Crippen LogP contribution in [0, 0.1) is 0 Å². The van der Waals surface area contributed by atoms with E-state index in [4.69, 9.17) is 0 Å². The van der Waals surface area contributed by atoms with Gasteiger partial charge in [0.15, 0.2) is 0 Å². The van der Waals surface area contributed by atoms with Gasteiger partial charge >= 0.3 is 0 Å². The van der Waals surface area contributed by atoms with Crippen molar-refractivity contribution in [2.24, 2.45) is 5.73 Å². The van der Waals surface area contributed by atoms with Crippen molar-refractivity contribution in [3.8, 4) is 0 Å². The van der Waals surface area contributed by atoms with Crippen LogP contribution in [0.4, 0.5) is 0 Å². The predicted molar refractivity (Wildman–Crippen MR) is 52.1 cm³/mol. The maximum Gasteiger partial charge on any atom is 0.143 e. The van der Waals surface area contributed by atoms with Gasteiger partial charge in [-0.1, -0.05) is 15.9 Å². The van der Waals surface area contributed by atoms with E-state index in [1.54, 1.807) is 6.92 Å². The molecule has 0 aromatic heterocycles. The van der Waals surface area contributed by atoms with Crippen molar-refractivity contribution in [3.05, 3.63) is 0 Å². The molecule has 10 heavy (non-hydrogen) atoms. The predicted octanol–water partition coefficient (Wildman–Crippen LogP) is 0.961. The van der Waals surface area contributed by atoms with Crippen LogP contribution in [0.3, 0.4) is 0 Å². The molecule has 1 unspecified atom stereocenters. The Morgan fingerprint density at radius 1 is 1.60 bits per heavy atom. The Morgan fingerprint density at radius 2 is 1.70 bits per heavy atom. The number of halogens is 1. The molecule has 0 fully saturated rings. The van der Waals surface area contributed by atoms with Crippen LogP contribution in [0.15, 0.2) is 0 Å². The molecule has 0 saturated carbocycles. The molecule has 0 aromatic carbocycles. The number of ketones is 1. The summed E-state index contributed by atoms with van der Waals surface area (Å²) >= 11 is 3.09. The first-order valence-electron chi connectivity index (χ1n) is 2.37. The normalized spacial score (nSPS) is 8.90. The van der Waals surface area contributed by atoms with E-state index in [1.165, 1.54) is 7.05 Å². The lowest BCUT2D eigenvalue weighted by atomic mass is 10.4. The van der Waals surface area contributed by atoms with Crippen LogP contribution in [0.5, 0.6) is 0 Å². The van der Waals surface area contributed by atoms with Crippen molar-refractivity contribution < 1.29 is 6.22 Å². The third kappa shape index (κ3) is 24.2. The van der Waals surface area contributed by atoms with Crippen LogP contribution in [0.1, 0.15) is 15.3 Å². The molecule has 0 bridgehead atoms. The Hall–Kier alpha value is 0.135. The molecular weight excluding hydrogens is 195 g/mol. The lowest BCUT2D eigenvalue weighted by Gasteiger charge is -1.88. The van der Waals surface area contributed by atoms with Gasteiger partial charge in [0.05, 0.1) is 4.83 Å². The summed E-state index contributed by atoms with van der Waals surface area (Å²) in [6.45, 7) is 3.36. The minimum Gasteiger partial charge on any atom is -0.344 e. The first-order valence-corrected chi connectivity index (χ1v) is 3.28. The van der Waals surface area contributed by atoms with E-state index in [2.05, 4.69) is 21.7 Å². The average molecular weight is 213 g/mol. The zero-order valence-electron chi connectivity index (χ0n) is 6.73. The molecule has 0 spiro atoms. The van der Waals surface area contributed by atoms with Crippen molar-refractivity contribution in [1.82, 2.24) is 6.15 Å². The number of carbonyl (C=O) groups is 1. The molecule has 3 radical (unpaired) electrons. The van der Waals surface area contributed by atoms with E-state index in [1.807, 2.05) is 6.92 Å². The molecule has 0 aliphatic rings. The van der Waals surface area contributed by atoms with Crippen LogP contribution in [-0.2, 0) is 4.79 Å². The smallest absolute Gasteiger partial charge is 0.143 e. The van der Waals surface area contributed by atoms with Crippen LogP contribution in [0.2, 0.25) is 0 Å². The Labute approximate surface area is 74.5 Å². The van der Waals surface area contributed by atoms with Gasteiger partial charge in [-0.05, 0) is 20.9 Å². The molecule has 3 nitrogen and oxygen atoms in total. The number of rotatable bonds is 1. The standard InChI is InChI=1S/C4H7BrO.CH5N.B.H3N.H2/c1-3(5)4(2)6;1-2;;;/h3H,1-2H3;2H2,1H3;;1H3;1H/i;;;;1+1. The van der Waals surface area contributed by atoms with Gasteiger partial charge in [-0.25, -0.2) is 0 Å². The fraction of sp³-hybridized carbons (Fsp3) is 0.800. The minimum atomic E-state index is 0. The summed E-state index contributed by atoms with van der Waals surface area (Å²) in [6, 6.07) is 0. The molecule has 1 atom stereocenters. The Kier molecular flexibility index (Phi) is 36.1. The van der Waals surface area contributed by atoms with Gasteiger partial charge in [0.1, 0.15) is 5.78 Å². The number of Topliss-reactive ketones (excluding diaryl/α,β-unsaturated/α-hetero) is 1. The summed E-state index contributed by atoms with van der Waals surface area (Å²) in [5.41, 5.74) is 4.50. The van der Waals surface area contributed by atoms with Gasteiger partial charge in [-0.3, -0.25) is 4.79 Å². The third-order valence-electron chi connectivity index (χ3n) is 0.560. The maximum absolute atomic E-state index is 10.1. The van der Waals surface area contributed by atoms with Gasteiger partial charge in [0.25, 0.3) is 0 Å². The fourth-order valence-electron chi connectivity index (χ4n) is 0. The molecule has 0 aliphatic heterocycles. The maximum atomic E-state index is 10.1. The van der Waals surface area contributed by atoms with Gasteiger partial charge in [-0.15, -0.1) is 0 Å². The molecule has 0 aliphatic carbocycles. The molecule has 63 valence electrons. The summed E-state index contributed by atoms with van der Waals surface area (Å²) in [6.07, 6.45) is 0. The molecule has 5 heteroatoms. The Balaban J connectivity index is -0.0000000222. The average Bonchev–Trinajstić information content (AvgIpc) is 1.72. The van der Waals surface area contributed by atoms with E-state index in [-0.39, 0.29) is 26.6 Å². The quantitative estimate of drug-likeness (QED) is 0.502. The van der Waals surface area contributed by atoms with Gasteiger partial charge in [0, 0.05) is 9.84 Å². The van der Waals surface area contributed by atoms with Crippen molar-refractivity contribution >= 4 is 30.1 Å². The van der Waals surface area contributed by atoms with Gasteiger partial charge in [0.2, 0.25) is 0 Å². The Bertz CT molecular complexity index is 75.5. The van der Waals surface area contributed by atoms with E-state index in [0.29, 0.717) is 0 Å². The molecule has 0 rings (SSSR count). The van der Waals surface area contributed by atoms with Crippen molar-refractivity contribution in [2.45, 2.75) is 18.7 Å². The van der Waals surface area contributed by atoms with Crippen molar-refractivity contribution in [1.29, 1.82) is 0 Å². The molecule has 0 heterocycles. The van der Waals surface area contributed by atoms with E-state index in [9.17, 15) is 4.79 Å². The molecule has 0 amide bonds. The number of nitrogens with two attached hydrogens (primary N) is 1. The van der Waals surface area contributed by atoms with E-state index in [0.717, 1.165) is 0 Å². The van der Waals surface area contributed by atoms with Crippen molar-refractivity contribution in [2.75, 3.05) is 7.05 Å². The monoisotopic (exact) mass is 212 g/mol. The van der Waals surface area contributed by atoms with Crippen molar-refractivity contribution in [3.63, 3.8) is 0 Å². The van der Waals surface area contributed by atoms with E-state index < -0.39 is 0 Å². The summed E-state index contributed by atoms with van der Waals surface area (Å²) in [5, 5.41) is 0. The second-order valence-electron chi connectivity index (χ2n) is 1.23. The molecule has 0 saturated heterocycles. The van der Waals surface area contributed by atoms with Crippen LogP contribution < -0.4 is 11.9 Å². The highest BCUT2D eigenvalue weighted by atomic mass is 79.9. The summed E-state index contributed by atoms with van der Waals surface area (Å²) in [7, 11) is 1.50. The van der Waals surface area contributed by atoms with Gasteiger partial charge in [-0.2, -0.15) is 0 Å². The number of carbonyl (C=O) groups excluding carboxylic acids is 1. The molecule has 5 N–H and O–H groups in total. The zero-order chi connectivity index (χ0) is 7.15. The highest BCUT2D eigenvalue weighted by Gasteiger charge is 1.97. The topological polar surface area (TPSA) is 78.1 Å². The SMILES string of the molecule is CC(=O)C(C)Br.CN.N.[2HH].[B]. The number of alkyl halides is 1. The second kappa shape index (κ2) is 16.1. The number of hydrogen-bond donors (Lipinski definition) is 2. The van der Waals surface area contributed by atoms with Gasteiger partial charge < -0.3 is 11.9 Å². The second-order valence-corrected chi connectivity index (χ2v) is 2.60. The van der Waals surface area contributed by atoms with Crippen LogP contribution >= 0.6 is 15.9 Å².